The summed E-state index contributed by atoms with van der Waals surface area (Å²) in [5.41, 5.74) is -0.298. The van der Waals surface area contributed by atoms with Gasteiger partial charge in [0, 0.05) is 19.4 Å². The lowest BCUT2D eigenvalue weighted by molar-refractivity contribution is -0.142. The third-order valence-corrected chi connectivity index (χ3v) is 4.08. The number of nitrogens with one attached hydrogen (secondary N) is 1. The zero-order valence-corrected chi connectivity index (χ0v) is 14.2. The zero-order valence-electron chi connectivity index (χ0n) is 14.2. The molecule has 1 saturated carbocycles. The molecule has 1 rings (SSSR count). The minimum atomic E-state index is -0.997. The first kappa shape index (κ1) is 18.9. The van der Waals surface area contributed by atoms with Gasteiger partial charge in [-0.1, -0.05) is 32.1 Å². The van der Waals surface area contributed by atoms with Crippen molar-refractivity contribution in [1.82, 2.24) is 5.32 Å². The second kappa shape index (κ2) is 9.13. The molecule has 0 aliphatic heterocycles. The van der Waals surface area contributed by atoms with Crippen LogP contribution in [0.3, 0.4) is 0 Å². The summed E-state index contributed by atoms with van der Waals surface area (Å²) in [4.78, 5) is 23.2. The Morgan fingerprint density at radius 1 is 1.23 bits per heavy atom. The first-order valence-corrected chi connectivity index (χ1v) is 8.44. The van der Waals surface area contributed by atoms with Gasteiger partial charge in [-0.3, -0.25) is 4.79 Å². The summed E-state index contributed by atoms with van der Waals surface area (Å²) in [5.74, 6) is -0.524. The summed E-state index contributed by atoms with van der Waals surface area (Å²) in [6.07, 6.45) is 7.82. The molecular formula is C17H31NO4. The van der Waals surface area contributed by atoms with E-state index in [0.29, 0.717) is 25.4 Å². The van der Waals surface area contributed by atoms with Crippen molar-refractivity contribution in [2.24, 2.45) is 5.92 Å². The largest absolute Gasteiger partial charge is 0.480 e. The van der Waals surface area contributed by atoms with Crippen molar-refractivity contribution >= 4 is 11.9 Å². The van der Waals surface area contributed by atoms with Gasteiger partial charge in [0.2, 0.25) is 5.91 Å². The van der Waals surface area contributed by atoms with Crippen LogP contribution in [0.5, 0.6) is 0 Å². The van der Waals surface area contributed by atoms with Crippen molar-refractivity contribution in [3.63, 3.8) is 0 Å². The van der Waals surface area contributed by atoms with Gasteiger partial charge in [0.15, 0.2) is 0 Å². The number of carboxylic acids is 1. The number of rotatable bonds is 8. The van der Waals surface area contributed by atoms with Gasteiger partial charge in [0.1, 0.15) is 6.04 Å². The minimum absolute atomic E-state index is 0.159. The van der Waals surface area contributed by atoms with Crippen molar-refractivity contribution < 1.29 is 19.4 Å². The van der Waals surface area contributed by atoms with Gasteiger partial charge in [-0.15, -0.1) is 0 Å². The highest BCUT2D eigenvalue weighted by Crippen LogP contribution is 2.27. The molecule has 0 saturated heterocycles. The van der Waals surface area contributed by atoms with E-state index in [2.05, 4.69) is 5.32 Å². The third-order valence-electron chi connectivity index (χ3n) is 4.08. The average Bonchev–Trinajstić information content (AvgIpc) is 2.43. The van der Waals surface area contributed by atoms with Crippen molar-refractivity contribution in [3.8, 4) is 0 Å². The lowest BCUT2D eigenvalue weighted by Crippen LogP contribution is -2.42. The number of aliphatic carboxylic acids is 1. The predicted molar refractivity (Wildman–Crippen MR) is 85.7 cm³/mol. The van der Waals surface area contributed by atoms with Crippen molar-refractivity contribution in [2.75, 3.05) is 6.61 Å². The summed E-state index contributed by atoms with van der Waals surface area (Å²) >= 11 is 0. The van der Waals surface area contributed by atoms with Crippen LogP contribution in [0.15, 0.2) is 0 Å². The number of hydrogen-bond acceptors (Lipinski definition) is 3. The van der Waals surface area contributed by atoms with Crippen LogP contribution in [0.4, 0.5) is 0 Å². The van der Waals surface area contributed by atoms with Crippen molar-refractivity contribution in [2.45, 2.75) is 83.8 Å². The molecule has 0 bridgehead atoms. The van der Waals surface area contributed by atoms with E-state index in [1.165, 1.54) is 32.1 Å². The molecule has 0 aromatic carbocycles. The Hall–Kier alpha value is -1.10. The van der Waals surface area contributed by atoms with Crippen LogP contribution in [-0.2, 0) is 14.3 Å². The quantitative estimate of drug-likeness (QED) is 0.722. The van der Waals surface area contributed by atoms with Gasteiger partial charge in [0.05, 0.1) is 5.60 Å². The topological polar surface area (TPSA) is 75.6 Å². The summed E-state index contributed by atoms with van der Waals surface area (Å²) in [6.45, 7) is 6.09. The molecule has 2 N–H and O–H groups in total. The van der Waals surface area contributed by atoms with E-state index in [0.717, 1.165) is 6.42 Å². The maximum atomic E-state index is 11.9. The van der Waals surface area contributed by atoms with Gasteiger partial charge < -0.3 is 15.2 Å². The minimum Gasteiger partial charge on any atom is -0.480 e. The standard InChI is InChI=1S/C17H31NO4/c1-17(2,3)22-12-11-14(16(20)21)18-15(19)10-9-13-7-5-4-6-8-13/h13-14H,4-12H2,1-3H3,(H,18,19)(H,20,21). The van der Waals surface area contributed by atoms with Gasteiger partial charge in [-0.2, -0.15) is 0 Å². The molecule has 0 radical (unpaired) electrons. The SMILES string of the molecule is CC(C)(C)OCCC(NC(=O)CCC1CCCCC1)C(=O)O. The molecule has 5 heteroatoms. The molecule has 1 fully saturated rings. The molecule has 1 aliphatic carbocycles. The fraction of sp³-hybridized carbons (Fsp3) is 0.882. The molecule has 1 unspecified atom stereocenters. The second-order valence-electron chi connectivity index (χ2n) is 7.25. The zero-order chi connectivity index (χ0) is 16.6. The Kier molecular flexibility index (Phi) is 7.87. The number of carbonyl (C=O) groups is 2. The van der Waals surface area contributed by atoms with Crippen LogP contribution in [-0.4, -0.2) is 35.2 Å². The molecule has 22 heavy (non-hydrogen) atoms. The molecule has 0 aromatic rings. The van der Waals surface area contributed by atoms with Gasteiger partial charge in [-0.25, -0.2) is 4.79 Å². The first-order valence-electron chi connectivity index (χ1n) is 8.44. The molecule has 0 heterocycles. The Morgan fingerprint density at radius 2 is 1.86 bits per heavy atom. The monoisotopic (exact) mass is 313 g/mol. The fourth-order valence-corrected chi connectivity index (χ4v) is 2.82. The smallest absolute Gasteiger partial charge is 0.326 e. The Labute approximate surface area is 133 Å². The number of carbonyl (C=O) groups excluding carboxylic acids is 1. The van der Waals surface area contributed by atoms with Crippen LogP contribution in [0.2, 0.25) is 0 Å². The second-order valence-corrected chi connectivity index (χ2v) is 7.25. The first-order chi connectivity index (χ1) is 10.3. The highest BCUT2D eigenvalue weighted by atomic mass is 16.5. The Bertz CT molecular complexity index is 356. The van der Waals surface area contributed by atoms with Crippen LogP contribution in [0.25, 0.3) is 0 Å². The van der Waals surface area contributed by atoms with Crippen molar-refractivity contribution in [1.29, 1.82) is 0 Å². The molecule has 0 aromatic heterocycles. The summed E-state index contributed by atoms with van der Waals surface area (Å²) < 4.78 is 5.53. The maximum Gasteiger partial charge on any atom is 0.326 e. The van der Waals surface area contributed by atoms with E-state index in [-0.39, 0.29) is 11.5 Å². The van der Waals surface area contributed by atoms with E-state index in [1.54, 1.807) is 0 Å². The molecule has 128 valence electrons. The van der Waals surface area contributed by atoms with E-state index in [4.69, 9.17) is 4.74 Å². The van der Waals surface area contributed by atoms with Crippen LogP contribution in [0, 0.1) is 5.92 Å². The lowest BCUT2D eigenvalue weighted by atomic mass is 9.86. The Morgan fingerprint density at radius 3 is 2.41 bits per heavy atom. The number of carboxylic acid groups (broad SMARTS) is 1. The highest BCUT2D eigenvalue weighted by molar-refractivity contribution is 5.83. The van der Waals surface area contributed by atoms with Crippen LogP contribution in [0.1, 0.15) is 72.1 Å². The van der Waals surface area contributed by atoms with E-state index < -0.39 is 12.0 Å². The number of hydrogen-bond donors (Lipinski definition) is 2. The highest BCUT2D eigenvalue weighted by Gasteiger charge is 2.22. The van der Waals surface area contributed by atoms with Crippen LogP contribution < -0.4 is 5.32 Å². The molecule has 1 aliphatic rings. The summed E-state index contributed by atoms with van der Waals surface area (Å²) in [7, 11) is 0. The van der Waals surface area contributed by atoms with E-state index in [9.17, 15) is 14.7 Å². The third kappa shape index (κ3) is 8.37. The molecule has 1 atom stereocenters. The van der Waals surface area contributed by atoms with E-state index in [1.807, 2.05) is 20.8 Å². The van der Waals surface area contributed by atoms with Gasteiger partial charge >= 0.3 is 5.97 Å². The molecule has 5 nitrogen and oxygen atoms in total. The van der Waals surface area contributed by atoms with Crippen molar-refractivity contribution in [3.05, 3.63) is 0 Å². The van der Waals surface area contributed by atoms with Crippen LogP contribution >= 0.6 is 0 Å². The summed E-state index contributed by atoms with van der Waals surface area (Å²) in [6, 6.07) is -0.860. The molecule has 1 amide bonds. The molecular weight excluding hydrogens is 282 g/mol. The van der Waals surface area contributed by atoms with E-state index >= 15 is 0 Å². The Balaban J connectivity index is 2.28. The normalized spacial score (nSPS) is 18.0. The fourth-order valence-electron chi connectivity index (χ4n) is 2.82. The molecule has 0 spiro atoms. The maximum absolute atomic E-state index is 11.9. The number of ether oxygens (including phenoxy) is 1. The van der Waals surface area contributed by atoms with Gasteiger partial charge in [-0.05, 0) is 33.1 Å². The predicted octanol–water partition coefficient (Wildman–Crippen LogP) is 3.12. The average molecular weight is 313 g/mol. The lowest BCUT2D eigenvalue weighted by Gasteiger charge is -2.23. The summed E-state index contributed by atoms with van der Waals surface area (Å²) in [5, 5.41) is 11.8. The number of amides is 1. The van der Waals surface area contributed by atoms with Gasteiger partial charge in [0.25, 0.3) is 0 Å².